The maximum Gasteiger partial charge on any atom is 0.221 e. The predicted octanol–water partition coefficient (Wildman–Crippen LogP) is 4.44. The van der Waals surface area contributed by atoms with Gasteiger partial charge in [0.05, 0.1) is 13.2 Å². The summed E-state index contributed by atoms with van der Waals surface area (Å²) in [6, 6.07) is 18.1. The number of methoxy groups -OCH3 is 1. The zero-order chi connectivity index (χ0) is 16.5. The third-order valence-electron chi connectivity index (χ3n) is 3.60. The van der Waals surface area contributed by atoms with E-state index in [1.807, 2.05) is 42.5 Å². The summed E-state index contributed by atoms with van der Waals surface area (Å²) in [6.07, 6.45) is 1.39. The van der Waals surface area contributed by atoms with Crippen molar-refractivity contribution in [2.45, 2.75) is 30.7 Å². The van der Waals surface area contributed by atoms with E-state index >= 15 is 0 Å². The SMILES string of the molecule is CC[C@@H](NC(=O)CCSc1ccccc1)c1ccc(OC)cc1. The molecule has 2 aromatic carbocycles. The van der Waals surface area contributed by atoms with Crippen molar-refractivity contribution in [3.63, 3.8) is 0 Å². The highest BCUT2D eigenvalue weighted by Gasteiger charge is 2.12. The molecule has 122 valence electrons. The van der Waals surface area contributed by atoms with Gasteiger partial charge in [0.2, 0.25) is 5.91 Å². The number of nitrogens with one attached hydrogen (secondary N) is 1. The molecule has 0 aliphatic carbocycles. The van der Waals surface area contributed by atoms with Crippen LogP contribution in [0.3, 0.4) is 0 Å². The molecule has 0 radical (unpaired) electrons. The van der Waals surface area contributed by atoms with Crippen molar-refractivity contribution in [3.8, 4) is 5.75 Å². The molecule has 0 fully saturated rings. The van der Waals surface area contributed by atoms with E-state index in [2.05, 4.69) is 24.4 Å². The number of rotatable bonds is 8. The average molecular weight is 329 g/mol. The van der Waals surface area contributed by atoms with E-state index in [1.165, 1.54) is 4.90 Å². The molecule has 0 aliphatic rings. The Labute approximate surface area is 142 Å². The molecule has 0 aromatic heterocycles. The van der Waals surface area contributed by atoms with E-state index in [0.29, 0.717) is 6.42 Å². The molecule has 0 heterocycles. The molecule has 23 heavy (non-hydrogen) atoms. The van der Waals surface area contributed by atoms with Gasteiger partial charge < -0.3 is 10.1 Å². The van der Waals surface area contributed by atoms with Gasteiger partial charge in [0.1, 0.15) is 5.75 Å². The highest BCUT2D eigenvalue weighted by molar-refractivity contribution is 7.99. The Hall–Kier alpha value is -1.94. The summed E-state index contributed by atoms with van der Waals surface area (Å²) in [5, 5.41) is 3.11. The Bertz CT molecular complexity index is 599. The first-order valence-corrected chi connectivity index (χ1v) is 8.82. The fourth-order valence-corrected chi connectivity index (χ4v) is 3.17. The van der Waals surface area contributed by atoms with Gasteiger partial charge in [-0.25, -0.2) is 0 Å². The number of hydrogen-bond donors (Lipinski definition) is 1. The number of benzene rings is 2. The second-order valence-electron chi connectivity index (χ2n) is 5.21. The first kappa shape index (κ1) is 17.4. The van der Waals surface area contributed by atoms with E-state index in [1.54, 1.807) is 18.9 Å². The molecule has 0 saturated carbocycles. The van der Waals surface area contributed by atoms with Gasteiger partial charge in [-0.3, -0.25) is 4.79 Å². The number of hydrogen-bond acceptors (Lipinski definition) is 3. The van der Waals surface area contributed by atoms with Crippen molar-refractivity contribution < 1.29 is 9.53 Å². The lowest BCUT2D eigenvalue weighted by Gasteiger charge is -2.17. The van der Waals surface area contributed by atoms with Crippen molar-refractivity contribution in [3.05, 3.63) is 60.2 Å². The Morgan fingerprint density at radius 3 is 2.43 bits per heavy atom. The molecule has 0 aliphatic heterocycles. The fraction of sp³-hybridized carbons (Fsp3) is 0.316. The quantitative estimate of drug-likeness (QED) is 0.727. The van der Waals surface area contributed by atoms with E-state index in [-0.39, 0.29) is 11.9 Å². The fourth-order valence-electron chi connectivity index (χ4n) is 2.30. The van der Waals surface area contributed by atoms with Gasteiger partial charge in [-0.05, 0) is 36.2 Å². The number of carbonyl (C=O) groups excluding carboxylic acids is 1. The van der Waals surface area contributed by atoms with E-state index < -0.39 is 0 Å². The van der Waals surface area contributed by atoms with Crippen molar-refractivity contribution in [1.82, 2.24) is 5.32 Å². The minimum Gasteiger partial charge on any atom is -0.497 e. The number of amides is 1. The molecule has 1 N–H and O–H groups in total. The number of ether oxygens (including phenoxy) is 1. The van der Waals surface area contributed by atoms with E-state index in [9.17, 15) is 4.79 Å². The molecule has 0 saturated heterocycles. The lowest BCUT2D eigenvalue weighted by Crippen LogP contribution is -2.28. The number of thioether (sulfide) groups is 1. The van der Waals surface area contributed by atoms with Crippen molar-refractivity contribution in [1.29, 1.82) is 0 Å². The summed E-state index contributed by atoms with van der Waals surface area (Å²) in [7, 11) is 1.65. The largest absolute Gasteiger partial charge is 0.497 e. The molecule has 0 spiro atoms. The molecule has 2 rings (SSSR count). The number of carbonyl (C=O) groups is 1. The standard InChI is InChI=1S/C19H23NO2S/c1-3-18(15-9-11-16(22-2)12-10-15)20-19(21)13-14-23-17-7-5-4-6-8-17/h4-12,18H,3,13-14H2,1-2H3,(H,20,21)/t18-/m1/s1. The van der Waals surface area contributed by atoms with Crippen LogP contribution < -0.4 is 10.1 Å². The summed E-state index contributed by atoms with van der Waals surface area (Å²) in [4.78, 5) is 13.3. The molecule has 4 heteroatoms. The van der Waals surface area contributed by atoms with E-state index in [4.69, 9.17) is 4.74 Å². The summed E-state index contributed by atoms with van der Waals surface area (Å²) in [5.74, 6) is 1.71. The topological polar surface area (TPSA) is 38.3 Å². The molecule has 1 amide bonds. The summed E-state index contributed by atoms with van der Waals surface area (Å²) < 4.78 is 5.17. The highest BCUT2D eigenvalue weighted by atomic mass is 32.2. The molecular formula is C19H23NO2S. The first-order chi connectivity index (χ1) is 11.2. The van der Waals surface area contributed by atoms with E-state index in [0.717, 1.165) is 23.5 Å². The first-order valence-electron chi connectivity index (χ1n) is 7.84. The van der Waals surface area contributed by atoms with Gasteiger partial charge in [0, 0.05) is 17.1 Å². The molecular weight excluding hydrogens is 306 g/mol. The third-order valence-corrected chi connectivity index (χ3v) is 4.62. The normalized spacial score (nSPS) is 11.7. The molecule has 1 atom stereocenters. The molecule has 0 unspecified atom stereocenters. The zero-order valence-corrected chi connectivity index (χ0v) is 14.4. The molecule has 0 bridgehead atoms. The van der Waals surface area contributed by atoms with Gasteiger partial charge in [-0.2, -0.15) is 0 Å². The maximum atomic E-state index is 12.1. The third kappa shape index (κ3) is 5.64. The van der Waals surface area contributed by atoms with Crippen molar-refractivity contribution >= 4 is 17.7 Å². The Kier molecular flexibility index (Phi) is 7.01. The van der Waals surface area contributed by atoms with Crippen molar-refractivity contribution in [2.24, 2.45) is 0 Å². The Morgan fingerprint density at radius 2 is 1.83 bits per heavy atom. The lowest BCUT2D eigenvalue weighted by atomic mass is 10.0. The summed E-state index contributed by atoms with van der Waals surface area (Å²) in [6.45, 7) is 2.08. The Balaban J connectivity index is 1.82. The summed E-state index contributed by atoms with van der Waals surface area (Å²) >= 11 is 1.71. The van der Waals surface area contributed by atoms with Crippen LogP contribution in [0.15, 0.2) is 59.5 Å². The van der Waals surface area contributed by atoms with Gasteiger partial charge in [0.25, 0.3) is 0 Å². The molecule has 3 nitrogen and oxygen atoms in total. The van der Waals surface area contributed by atoms with Gasteiger partial charge in [0.15, 0.2) is 0 Å². The Morgan fingerprint density at radius 1 is 1.13 bits per heavy atom. The summed E-state index contributed by atoms with van der Waals surface area (Å²) in [5.41, 5.74) is 1.11. The van der Waals surface area contributed by atoms with Gasteiger partial charge in [-0.15, -0.1) is 11.8 Å². The zero-order valence-electron chi connectivity index (χ0n) is 13.6. The second kappa shape index (κ2) is 9.26. The molecule has 2 aromatic rings. The second-order valence-corrected chi connectivity index (χ2v) is 6.38. The van der Waals surface area contributed by atoms with Crippen LogP contribution in [0.4, 0.5) is 0 Å². The lowest BCUT2D eigenvalue weighted by molar-refractivity contribution is -0.121. The minimum atomic E-state index is 0.0510. The van der Waals surface area contributed by atoms with Crippen LogP contribution in [0.5, 0.6) is 5.75 Å². The van der Waals surface area contributed by atoms with Crippen LogP contribution in [0.1, 0.15) is 31.4 Å². The van der Waals surface area contributed by atoms with Crippen LogP contribution in [-0.2, 0) is 4.79 Å². The van der Waals surface area contributed by atoms with Crippen LogP contribution in [0.2, 0.25) is 0 Å². The smallest absolute Gasteiger partial charge is 0.221 e. The van der Waals surface area contributed by atoms with Crippen LogP contribution in [-0.4, -0.2) is 18.8 Å². The van der Waals surface area contributed by atoms with Crippen LogP contribution in [0, 0.1) is 0 Å². The van der Waals surface area contributed by atoms with Gasteiger partial charge in [-0.1, -0.05) is 37.3 Å². The minimum absolute atomic E-state index is 0.0510. The highest BCUT2D eigenvalue weighted by Crippen LogP contribution is 2.21. The average Bonchev–Trinajstić information content (AvgIpc) is 2.61. The maximum absolute atomic E-state index is 12.1. The predicted molar refractivity (Wildman–Crippen MR) is 96.0 cm³/mol. The van der Waals surface area contributed by atoms with Crippen LogP contribution >= 0.6 is 11.8 Å². The van der Waals surface area contributed by atoms with Crippen LogP contribution in [0.25, 0.3) is 0 Å². The monoisotopic (exact) mass is 329 g/mol. The van der Waals surface area contributed by atoms with Gasteiger partial charge >= 0.3 is 0 Å². The van der Waals surface area contributed by atoms with Crippen molar-refractivity contribution in [2.75, 3.05) is 12.9 Å².